The lowest BCUT2D eigenvalue weighted by molar-refractivity contribution is -0.116. The molecule has 0 aromatic heterocycles. The van der Waals surface area contributed by atoms with Crippen LogP contribution >= 0.6 is 0 Å². The Morgan fingerprint density at radius 1 is 1.04 bits per heavy atom. The fourth-order valence-corrected chi connectivity index (χ4v) is 3.26. The molecule has 0 spiro atoms. The Hall–Kier alpha value is -2.58. The SMILES string of the molecule is CCOc1ccc(NC(=O)CC(NS(C)(=O)=O)c2ccc(OC)cc2)cc1. The van der Waals surface area contributed by atoms with Gasteiger partial charge in [0.1, 0.15) is 11.5 Å². The molecule has 2 N–H and O–H groups in total. The van der Waals surface area contributed by atoms with Gasteiger partial charge < -0.3 is 14.8 Å². The minimum absolute atomic E-state index is 0.0490. The van der Waals surface area contributed by atoms with Gasteiger partial charge in [0, 0.05) is 12.1 Å². The molecule has 1 atom stereocenters. The standard InChI is InChI=1S/C19H24N2O5S/c1-4-26-17-11-7-15(8-12-17)20-19(22)13-18(21-27(3,23)24)14-5-9-16(25-2)10-6-14/h5-12,18,21H,4,13H2,1-3H3,(H,20,22). The number of ether oxygens (including phenoxy) is 2. The second-order valence-electron chi connectivity index (χ2n) is 5.93. The number of hydrogen-bond donors (Lipinski definition) is 2. The van der Waals surface area contributed by atoms with Crippen LogP contribution in [0.1, 0.15) is 24.9 Å². The van der Waals surface area contributed by atoms with Crippen LogP contribution in [0.3, 0.4) is 0 Å². The van der Waals surface area contributed by atoms with Crippen LogP contribution in [0.5, 0.6) is 11.5 Å². The van der Waals surface area contributed by atoms with Gasteiger partial charge in [-0.15, -0.1) is 0 Å². The molecule has 0 aliphatic heterocycles. The molecule has 7 nitrogen and oxygen atoms in total. The maximum Gasteiger partial charge on any atom is 0.226 e. The van der Waals surface area contributed by atoms with Gasteiger partial charge in [-0.3, -0.25) is 4.79 Å². The first-order valence-electron chi connectivity index (χ1n) is 8.44. The maximum absolute atomic E-state index is 12.4. The summed E-state index contributed by atoms with van der Waals surface area (Å²) in [7, 11) is -1.95. The van der Waals surface area contributed by atoms with E-state index in [1.54, 1.807) is 55.6 Å². The van der Waals surface area contributed by atoms with E-state index in [1.807, 2.05) is 6.92 Å². The smallest absolute Gasteiger partial charge is 0.226 e. The van der Waals surface area contributed by atoms with Crippen LogP contribution in [0, 0.1) is 0 Å². The summed E-state index contributed by atoms with van der Waals surface area (Å²) in [4.78, 5) is 12.4. The van der Waals surface area contributed by atoms with Crippen molar-refractivity contribution in [3.05, 3.63) is 54.1 Å². The number of methoxy groups -OCH3 is 1. The van der Waals surface area contributed by atoms with Gasteiger partial charge in [0.15, 0.2) is 0 Å². The topological polar surface area (TPSA) is 93.7 Å². The molecule has 0 heterocycles. The van der Waals surface area contributed by atoms with Gasteiger partial charge in [0.25, 0.3) is 0 Å². The molecular formula is C19H24N2O5S. The number of carbonyl (C=O) groups excluding carboxylic acids is 1. The number of nitrogens with one attached hydrogen (secondary N) is 2. The van der Waals surface area contributed by atoms with Gasteiger partial charge in [-0.2, -0.15) is 0 Å². The zero-order valence-electron chi connectivity index (χ0n) is 15.6. The summed E-state index contributed by atoms with van der Waals surface area (Å²) in [6, 6.07) is 13.2. The van der Waals surface area contributed by atoms with E-state index in [2.05, 4.69) is 10.0 Å². The van der Waals surface area contributed by atoms with Crippen molar-refractivity contribution in [3.8, 4) is 11.5 Å². The van der Waals surface area contributed by atoms with Crippen LogP contribution in [-0.2, 0) is 14.8 Å². The first kappa shape index (κ1) is 20.7. The van der Waals surface area contributed by atoms with Gasteiger partial charge in [-0.1, -0.05) is 12.1 Å². The number of rotatable bonds is 9. The third-order valence-corrected chi connectivity index (χ3v) is 4.43. The summed E-state index contributed by atoms with van der Waals surface area (Å²) in [5.41, 5.74) is 1.28. The van der Waals surface area contributed by atoms with Crippen molar-refractivity contribution in [2.45, 2.75) is 19.4 Å². The Bertz CT molecular complexity index is 849. The molecule has 0 saturated heterocycles. The average molecular weight is 392 g/mol. The number of hydrogen-bond acceptors (Lipinski definition) is 5. The number of benzene rings is 2. The maximum atomic E-state index is 12.4. The van der Waals surface area contributed by atoms with E-state index in [1.165, 1.54) is 0 Å². The van der Waals surface area contributed by atoms with E-state index in [0.717, 1.165) is 6.26 Å². The molecule has 1 amide bonds. The monoisotopic (exact) mass is 392 g/mol. The highest BCUT2D eigenvalue weighted by atomic mass is 32.2. The molecule has 1 unspecified atom stereocenters. The van der Waals surface area contributed by atoms with E-state index in [9.17, 15) is 13.2 Å². The minimum Gasteiger partial charge on any atom is -0.497 e. The van der Waals surface area contributed by atoms with Crippen molar-refractivity contribution < 1.29 is 22.7 Å². The highest BCUT2D eigenvalue weighted by molar-refractivity contribution is 7.88. The Kier molecular flexibility index (Phi) is 7.20. The number of carbonyl (C=O) groups is 1. The van der Waals surface area contributed by atoms with E-state index in [0.29, 0.717) is 29.4 Å². The molecule has 2 rings (SSSR count). The average Bonchev–Trinajstić information content (AvgIpc) is 2.62. The number of sulfonamides is 1. The first-order valence-corrected chi connectivity index (χ1v) is 10.3. The Balaban J connectivity index is 2.09. The van der Waals surface area contributed by atoms with Crippen molar-refractivity contribution in [1.29, 1.82) is 0 Å². The molecule has 27 heavy (non-hydrogen) atoms. The normalized spacial score (nSPS) is 12.3. The lowest BCUT2D eigenvalue weighted by atomic mass is 10.0. The van der Waals surface area contributed by atoms with Crippen LogP contribution in [0.25, 0.3) is 0 Å². The zero-order chi connectivity index (χ0) is 19.9. The molecule has 0 radical (unpaired) electrons. The third-order valence-electron chi connectivity index (χ3n) is 3.71. The van der Waals surface area contributed by atoms with Crippen LogP contribution in [0.2, 0.25) is 0 Å². The highest BCUT2D eigenvalue weighted by Gasteiger charge is 2.20. The molecule has 146 valence electrons. The molecule has 0 fully saturated rings. The van der Waals surface area contributed by atoms with Crippen molar-refractivity contribution >= 4 is 21.6 Å². The predicted octanol–water partition coefficient (Wildman–Crippen LogP) is 2.71. The second kappa shape index (κ2) is 9.38. The summed E-state index contributed by atoms with van der Waals surface area (Å²) in [6.45, 7) is 2.45. The summed E-state index contributed by atoms with van der Waals surface area (Å²) in [5, 5.41) is 2.77. The van der Waals surface area contributed by atoms with E-state index in [-0.39, 0.29) is 12.3 Å². The van der Waals surface area contributed by atoms with Crippen LogP contribution in [0.4, 0.5) is 5.69 Å². The summed E-state index contributed by atoms with van der Waals surface area (Å²) < 4.78 is 36.4. The van der Waals surface area contributed by atoms with E-state index < -0.39 is 16.1 Å². The van der Waals surface area contributed by atoms with E-state index in [4.69, 9.17) is 9.47 Å². The van der Waals surface area contributed by atoms with Crippen molar-refractivity contribution in [2.24, 2.45) is 0 Å². The van der Waals surface area contributed by atoms with Gasteiger partial charge in [-0.25, -0.2) is 13.1 Å². The van der Waals surface area contributed by atoms with Gasteiger partial charge in [0.2, 0.25) is 15.9 Å². The first-order chi connectivity index (χ1) is 12.8. The number of amides is 1. The molecule has 0 bridgehead atoms. The van der Waals surface area contributed by atoms with Crippen molar-refractivity contribution in [3.63, 3.8) is 0 Å². The summed E-state index contributed by atoms with van der Waals surface area (Å²) >= 11 is 0. The van der Waals surface area contributed by atoms with Gasteiger partial charge in [-0.05, 0) is 48.9 Å². The van der Waals surface area contributed by atoms with Crippen LogP contribution in [-0.4, -0.2) is 34.3 Å². The largest absolute Gasteiger partial charge is 0.497 e. The number of anilines is 1. The Morgan fingerprint density at radius 2 is 1.63 bits per heavy atom. The second-order valence-corrected chi connectivity index (χ2v) is 7.71. The van der Waals surface area contributed by atoms with E-state index >= 15 is 0 Å². The Labute approximate surface area is 159 Å². The molecule has 0 saturated carbocycles. The van der Waals surface area contributed by atoms with Crippen LogP contribution < -0.4 is 19.5 Å². The fraction of sp³-hybridized carbons (Fsp3) is 0.316. The Morgan fingerprint density at radius 3 is 2.15 bits per heavy atom. The molecule has 2 aromatic carbocycles. The lowest BCUT2D eigenvalue weighted by Crippen LogP contribution is -2.30. The van der Waals surface area contributed by atoms with Crippen LogP contribution in [0.15, 0.2) is 48.5 Å². The molecule has 0 aliphatic carbocycles. The quantitative estimate of drug-likeness (QED) is 0.684. The van der Waals surface area contributed by atoms with Gasteiger partial charge >= 0.3 is 0 Å². The van der Waals surface area contributed by atoms with Crippen molar-refractivity contribution in [1.82, 2.24) is 4.72 Å². The van der Waals surface area contributed by atoms with Gasteiger partial charge in [0.05, 0.1) is 26.0 Å². The minimum atomic E-state index is -3.50. The van der Waals surface area contributed by atoms with Crippen molar-refractivity contribution in [2.75, 3.05) is 25.3 Å². The molecule has 8 heteroatoms. The molecular weight excluding hydrogens is 368 g/mol. The highest BCUT2D eigenvalue weighted by Crippen LogP contribution is 2.22. The lowest BCUT2D eigenvalue weighted by Gasteiger charge is -2.18. The zero-order valence-corrected chi connectivity index (χ0v) is 16.4. The fourth-order valence-electron chi connectivity index (χ4n) is 2.52. The predicted molar refractivity (Wildman–Crippen MR) is 105 cm³/mol. The molecule has 2 aromatic rings. The molecule has 0 aliphatic rings. The summed E-state index contributed by atoms with van der Waals surface area (Å²) in [6.07, 6.45) is 1.01. The summed E-state index contributed by atoms with van der Waals surface area (Å²) in [5.74, 6) is 1.05. The third kappa shape index (κ3) is 6.92.